The number of hydrogen-bond donors (Lipinski definition) is 0. The molecule has 2 aliphatic rings. The van der Waals surface area contributed by atoms with Crippen molar-refractivity contribution in [3.05, 3.63) is 35.9 Å². The summed E-state index contributed by atoms with van der Waals surface area (Å²) in [4.78, 5) is 52.5. The first-order valence-electron chi connectivity index (χ1n) is 10.7. The number of benzene rings is 1. The molecule has 8 nitrogen and oxygen atoms in total. The van der Waals surface area contributed by atoms with Crippen LogP contribution in [0.15, 0.2) is 30.3 Å². The van der Waals surface area contributed by atoms with E-state index in [-0.39, 0.29) is 30.3 Å². The van der Waals surface area contributed by atoms with Gasteiger partial charge in [-0.15, -0.1) is 0 Å². The zero-order valence-electron chi connectivity index (χ0n) is 18.2. The van der Waals surface area contributed by atoms with Gasteiger partial charge < -0.3 is 19.3 Å². The van der Waals surface area contributed by atoms with Crippen LogP contribution in [0.4, 0.5) is 0 Å². The second-order valence-corrected chi connectivity index (χ2v) is 8.21. The third-order valence-corrected chi connectivity index (χ3v) is 6.49. The maximum absolute atomic E-state index is 13.2. The monoisotopic (exact) mass is 430 g/mol. The van der Waals surface area contributed by atoms with E-state index in [2.05, 4.69) is 0 Å². The van der Waals surface area contributed by atoms with Crippen molar-refractivity contribution in [3.63, 3.8) is 0 Å². The minimum Gasteiger partial charge on any atom is -0.469 e. The highest BCUT2D eigenvalue weighted by molar-refractivity contribution is 5.87. The molecule has 2 aliphatic heterocycles. The number of ether oxygens (including phenoxy) is 2. The van der Waals surface area contributed by atoms with E-state index < -0.39 is 11.4 Å². The molecule has 2 fully saturated rings. The number of amides is 2. The van der Waals surface area contributed by atoms with Gasteiger partial charge in [-0.2, -0.15) is 0 Å². The van der Waals surface area contributed by atoms with Crippen LogP contribution in [-0.4, -0.2) is 73.4 Å². The summed E-state index contributed by atoms with van der Waals surface area (Å²) < 4.78 is 10.3. The van der Waals surface area contributed by atoms with Gasteiger partial charge in [0, 0.05) is 33.1 Å². The number of carbonyl (C=O) groups is 4. The minimum absolute atomic E-state index is 0.0134. The molecule has 2 amide bonds. The topological polar surface area (TPSA) is 93.2 Å². The Morgan fingerprint density at radius 1 is 0.968 bits per heavy atom. The Hall–Kier alpha value is -2.90. The lowest BCUT2D eigenvalue weighted by Gasteiger charge is -2.40. The maximum Gasteiger partial charge on any atom is 0.317 e. The minimum atomic E-state index is -0.870. The van der Waals surface area contributed by atoms with Crippen LogP contribution >= 0.6 is 0 Å². The van der Waals surface area contributed by atoms with E-state index in [0.717, 1.165) is 5.56 Å². The summed E-state index contributed by atoms with van der Waals surface area (Å²) in [7, 11) is 1.36. The normalized spacial score (nSPS) is 18.9. The quantitative estimate of drug-likeness (QED) is 0.658. The molecule has 2 saturated heterocycles. The smallest absolute Gasteiger partial charge is 0.317 e. The second kappa shape index (κ2) is 9.94. The molecule has 0 N–H and O–H groups in total. The largest absolute Gasteiger partial charge is 0.469 e. The molecule has 0 unspecified atom stereocenters. The highest BCUT2D eigenvalue weighted by Crippen LogP contribution is 2.37. The summed E-state index contributed by atoms with van der Waals surface area (Å²) >= 11 is 0. The molecule has 0 bridgehead atoms. The molecular formula is C23H30N2O6. The highest BCUT2D eigenvalue weighted by Gasteiger charge is 2.45. The number of hydrogen-bond acceptors (Lipinski definition) is 6. The number of carbonyl (C=O) groups excluding carboxylic acids is 4. The maximum atomic E-state index is 13.2. The number of methoxy groups -OCH3 is 1. The molecule has 1 aromatic carbocycles. The molecule has 0 radical (unpaired) electrons. The summed E-state index contributed by atoms with van der Waals surface area (Å²) in [6, 6.07) is 9.42. The van der Waals surface area contributed by atoms with Gasteiger partial charge in [0.15, 0.2) is 6.61 Å². The van der Waals surface area contributed by atoms with Gasteiger partial charge in [0.25, 0.3) is 5.91 Å². The van der Waals surface area contributed by atoms with Crippen LogP contribution in [0.2, 0.25) is 0 Å². The van der Waals surface area contributed by atoms with E-state index in [4.69, 9.17) is 9.47 Å². The fraction of sp³-hybridized carbons (Fsp3) is 0.565. The Bertz CT molecular complexity index is 809. The van der Waals surface area contributed by atoms with Crippen molar-refractivity contribution in [1.82, 2.24) is 9.80 Å². The van der Waals surface area contributed by atoms with Crippen LogP contribution in [0.5, 0.6) is 0 Å². The van der Waals surface area contributed by atoms with Crippen LogP contribution in [-0.2, 0) is 34.1 Å². The predicted octanol–water partition coefficient (Wildman–Crippen LogP) is 1.52. The molecule has 3 rings (SSSR count). The van der Waals surface area contributed by atoms with Crippen molar-refractivity contribution in [1.29, 1.82) is 0 Å². The molecule has 1 aromatic rings. The lowest BCUT2D eigenvalue weighted by molar-refractivity contribution is -0.160. The van der Waals surface area contributed by atoms with Crippen LogP contribution in [0.1, 0.15) is 38.2 Å². The van der Waals surface area contributed by atoms with Crippen LogP contribution in [0.25, 0.3) is 0 Å². The van der Waals surface area contributed by atoms with Gasteiger partial charge in [-0.25, -0.2) is 0 Å². The Labute approximate surface area is 182 Å². The van der Waals surface area contributed by atoms with E-state index in [1.165, 1.54) is 14.0 Å². The third kappa shape index (κ3) is 5.06. The molecular weight excluding hydrogens is 400 g/mol. The van der Waals surface area contributed by atoms with E-state index >= 15 is 0 Å². The highest BCUT2D eigenvalue weighted by atomic mass is 16.5. The van der Waals surface area contributed by atoms with E-state index in [1.54, 1.807) is 9.80 Å². The zero-order chi connectivity index (χ0) is 22.4. The van der Waals surface area contributed by atoms with Gasteiger partial charge >= 0.3 is 11.9 Å². The molecule has 0 aliphatic carbocycles. The summed E-state index contributed by atoms with van der Waals surface area (Å²) in [5.74, 6) is -1.15. The Balaban J connectivity index is 1.62. The van der Waals surface area contributed by atoms with Gasteiger partial charge in [-0.1, -0.05) is 30.3 Å². The molecule has 31 heavy (non-hydrogen) atoms. The average Bonchev–Trinajstić information content (AvgIpc) is 2.82. The number of nitrogens with zero attached hydrogens (tertiary/aromatic N) is 2. The summed E-state index contributed by atoms with van der Waals surface area (Å²) in [5, 5.41) is 0. The van der Waals surface area contributed by atoms with Crippen molar-refractivity contribution in [2.45, 2.75) is 38.0 Å². The van der Waals surface area contributed by atoms with Gasteiger partial charge in [-0.3, -0.25) is 19.2 Å². The molecule has 0 aromatic heterocycles. The summed E-state index contributed by atoms with van der Waals surface area (Å²) in [5.41, 5.74) is -0.0275. The Kier molecular flexibility index (Phi) is 7.30. The predicted molar refractivity (Wildman–Crippen MR) is 112 cm³/mol. The Morgan fingerprint density at radius 2 is 1.58 bits per heavy atom. The first-order chi connectivity index (χ1) is 14.9. The first kappa shape index (κ1) is 22.8. The van der Waals surface area contributed by atoms with Gasteiger partial charge in [0.2, 0.25) is 5.91 Å². The molecule has 2 heterocycles. The summed E-state index contributed by atoms with van der Waals surface area (Å²) in [6.07, 6.45) is 1.99. The number of esters is 2. The van der Waals surface area contributed by atoms with Crippen LogP contribution < -0.4 is 0 Å². The standard InChI is InChI=1S/C23H30N2O6/c1-17(26)24-14-10-23(11-15-24,19-6-4-3-5-7-19)22(29)31-16-20(27)25-12-8-18(9-13-25)21(28)30-2/h3-7,18H,8-16H2,1-2H3. The average molecular weight is 431 g/mol. The first-order valence-corrected chi connectivity index (χ1v) is 10.7. The number of rotatable bonds is 5. The van der Waals surface area contributed by atoms with Crippen molar-refractivity contribution in [2.24, 2.45) is 5.92 Å². The molecule has 168 valence electrons. The zero-order valence-corrected chi connectivity index (χ0v) is 18.2. The Morgan fingerprint density at radius 3 is 2.13 bits per heavy atom. The molecule has 8 heteroatoms. The fourth-order valence-corrected chi connectivity index (χ4v) is 4.46. The van der Waals surface area contributed by atoms with Crippen molar-refractivity contribution >= 4 is 23.8 Å². The fourth-order valence-electron chi connectivity index (χ4n) is 4.46. The van der Waals surface area contributed by atoms with E-state index in [1.807, 2.05) is 30.3 Å². The SMILES string of the molecule is COC(=O)C1CCN(C(=O)COC(=O)C2(c3ccccc3)CCN(C(C)=O)CC2)CC1. The van der Waals surface area contributed by atoms with Crippen molar-refractivity contribution in [3.8, 4) is 0 Å². The molecule has 0 atom stereocenters. The van der Waals surface area contributed by atoms with Crippen LogP contribution in [0.3, 0.4) is 0 Å². The van der Waals surface area contributed by atoms with Gasteiger partial charge in [0.05, 0.1) is 18.4 Å². The summed E-state index contributed by atoms with van der Waals surface area (Å²) in [6.45, 7) is 3.01. The van der Waals surface area contributed by atoms with Crippen molar-refractivity contribution in [2.75, 3.05) is 39.9 Å². The van der Waals surface area contributed by atoms with Gasteiger partial charge in [0.1, 0.15) is 0 Å². The lowest BCUT2D eigenvalue weighted by atomic mass is 9.72. The van der Waals surface area contributed by atoms with Crippen molar-refractivity contribution < 1.29 is 28.7 Å². The number of likely N-dealkylation sites (tertiary alicyclic amines) is 2. The van der Waals surface area contributed by atoms with Crippen LogP contribution in [0, 0.1) is 5.92 Å². The molecule has 0 saturated carbocycles. The van der Waals surface area contributed by atoms with E-state index in [9.17, 15) is 19.2 Å². The molecule has 0 spiro atoms. The second-order valence-electron chi connectivity index (χ2n) is 8.21. The lowest BCUT2D eigenvalue weighted by Crippen LogP contribution is -2.50. The van der Waals surface area contributed by atoms with E-state index in [0.29, 0.717) is 51.9 Å². The third-order valence-electron chi connectivity index (χ3n) is 6.49. The van der Waals surface area contributed by atoms with Gasteiger partial charge in [-0.05, 0) is 31.2 Å². The number of piperidine rings is 2.